The number of hydrogen-bond donors (Lipinski definition) is 3. The van der Waals surface area contributed by atoms with Crippen molar-refractivity contribution in [2.75, 3.05) is 16.3 Å². The van der Waals surface area contributed by atoms with Gasteiger partial charge in [-0.2, -0.15) is 0 Å². The fraction of sp³-hybridized carbons (Fsp3) is 0.143. The first-order chi connectivity index (χ1) is 10.4. The van der Waals surface area contributed by atoms with E-state index in [9.17, 15) is 13.2 Å². The van der Waals surface area contributed by atoms with Crippen LogP contribution in [0.15, 0.2) is 48.7 Å². The third-order valence-electron chi connectivity index (χ3n) is 2.60. The summed E-state index contributed by atoms with van der Waals surface area (Å²) in [6.45, 7) is 0.320. The molecule has 1 aromatic carbocycles. The number of urea groups is 1. The molecule has 8 heteroatoms. The van der Waals surface area contributed by atoms with Crippen molar-refractivity contribution < 1.29 is 13.2 Å². The van der Waals surface area contributed by atoms with Gasteiger partial charge in [0.25, 0.3) is 0 Å². The first-order valence-electron chi connectivity index (χ1n) is 6.45. The average Bonchev–Trinajstić information content (AvgIpc) is 2.47. The molecule has 7 nitrogen and oxygen atoms in total. The Hall–Kier alpha value is -2.61. The van der Waals surface area contributed by atoms with E-state index in [-0.39, 0.29) is 6.03 Å². The van der Waals surface area contributed by atoms with Crippen LogP contribution < -0.4 is 15.4 Å². The lowest BCUT2D eigenvalue weighted by molar-refractivity contribution is 0.251. The zero-order chi connectivity index (χ0) is 16.0. The highest BCUT2D eigenvalue weighted by Crippen LogP contribution is 2.14. The van der Waals surface area contributed by atoms with Crippen molar-refractivity contribution in [3.63, 3.8) is 0 Å². The number of anilines is 2. The molecule has 0 spiro atoms. The number of pyridine rings is 1. The average molecular weight is 320 g/mol. The lowest BCUT2D eigenvalue weighted by Crippen LogP contribution is -2.28. The molecule has 2 amide bonds. The topological polar surface area (TPSA) is 100 Å². The van der Waals surface area contributed by atoms with Gasteiger partial charge < -0.3 is 10.6 Å². The maximum Gasteiger partial charge on any atom is 0.319 e. The molecular weight excluding hydrogens is 304 g/mol. The van der Waals surface area contributed by atoms with Gasteiger partial charge in [-0.3, -0.25) is 9.71 Å². The zero-order valence-corrected chi connectivity index (χ0v) is 12.7. The van der Waals surface area contributed by atoms with Crippen LogP contribution in [-0.4, -0.2) is 25.7 Å². The Morgan fingerprint density at radius 1 is 1.09 bits per heavy atom. The highest BCUT2D eigenvalue weighted by Gasteiger charge is 2.04. The lowest BCUT2D eigenvalue weighted by atomic mass is 10.3. The third kappa shape index (κ3) is 5.41. The number of amides is 2. The highest BCUT2D eigenvalue weighted by atomic mass is 32.2. The summed E-state index contributed by atoms with van der Waals surface area (Å²) < 4.78 is 24.5. The summed E-state index contributed by atoms with van der Waals surface area (Å²) >= 11 is 0. The predicted molar refractivity (Wildman–Crippen MR) is 85.0 cm³/mol. The summed E-state index contributed by atoms with van der Waals surface area (Å²) in [6.07, 6.45) is 2.73. The van der Waals surface area contributed by atoms with Crippen molar-refractivity contribution in [3.05, 3.63) is 54.4 Å². The molecule has 0 saturated heterocycles. The van der Waals surface area contributed by atoms with Crippen LogP contribution in [-0.2, 0) is 16.6 Å². The summed E-state index contributed by atoms with van der Waals surface area (Å²) in [7, 11) is -3.31. The van der Waals surface area contributed by atoms with Gasteiger partial charge in [-0.15, -0.1) is 0 Å². The number of carbonyl (C=O) groups is 1. The maximum absolute atomic E-state index is 11.7. The molecule has 22 heavy (non-hydrogen) atoms. The summed E-state index contributed by atoms with van der Waals surface area (Å²) in [5.74, 6) is 0. The van der Waals surface area contributed by atoms with Crippen molar-refractivity contribution in [3.8, 4) is 0 Å². The Labute approximate surface area is 128 Å². The van der Waals surface area contributed by atoms with Gasteiger partial charge in [0.2, 0.25) is 10.0 Å². The Kier molecular flexibility index (Phi) is 4.95. The van der Waals surface area contributed by atoms with Crippen molar-refractivity contribution in [2.45, 2.75) is 6.54 Å². The number of nitrogens with zero attached hydrogens (tertiary/aromatic N) is 1. The van der Waals surface area contributed by atoms with E-state index in [0.29, 0.717) is 17.9 Å². The minimum atomic E-state index is -3.31. The van der Waals surface area contributed by atoms with Crippen LogP contribution in [0, 0.1) is 0 Å². The quantitative estimate of drug-likeness (QED) is 0.781. The van der Waals surface area contributed by atoms with Crippen LogP contribution in [0.3, 0.4) is 0 Å². The Morgan fingerprint density at radius 2 is 1.77 bits per heavy atom. The van der Waals surface area contributed by atoms with Crippen molar-refractivity contribution in [1.29, 1.82) is 0 Å². The van der Waals surface area contributed by atoms with Crippen LogP contribution >= 0.6 is 0 Å². The number of sulfonamides is 1. The highest BCUT2D eigenvalue weighted by molar-refractivity contribution is 7.92. The molecule has 0 aliphatic heterocycles. The van der Waals surface area contributed by atoms with Crippen LogP contribution in [0.2, 0.25) is 0 Å². The maximum atomic E-state index is 11.7. The number of aromatic nitrogens is 1. The summed E-state index contributed by atoms with van der Waals surface area (Å²) in [5.41, 5.74) is 1.74. The van der Waals surface area contributed by atoms with Gasteiger partial charge in [0.15, 0.2) is 0 Å². The number of nitrogens with one attached hydrogen (secondary N) is 3. The predicted octanol–water partition coefficient (Wildman–Crippen LogP) is 1.77. The smallest absolute Gasteiger partial charge is 0.319 e. The van der Waals surface area contributed by atoms with Gasteiger partial charge in [0, 0.05) is 17.6 Å². The Bertz CT molecular complexity index is 730. The van der Waals surface area contributed by atoms with Crippen LogP contribution in [0.25, 0.3) is 0 Å². The molecule has 2 aromatic rings. The fourth-order valence-electron chi connectivity index (χ4n) is 1.68. The number of carbonyl (C=O) groups excluding carboxylic acids is 1. The largest absolute Gasteiger partial charge is 0.332 e. The molecule has 0 radical (unpaired) electrons. The van der Waals surface area contributed by atoms with Gasteiger partial charge in [-0.25, -0.2) is 13.2 Å². The fourth-order valence-corrected chi connectivity index (χ4v) is 2.25. The normalized spacial score (nSPS) is 10.8. The van der Waals surface area contributed by atoms with Gasteiger partial charge in [0.1, 0.15) is 0 Å². The molecule has 1 heterocycles. The van der Waals surface area contributed by atoms with E-state index < -0.39 is 10.0 Å². The molecule has 0 atom stereocenters. The molecule has 0 saturated carbocycles. The number of hydrogen-bond acceptors (Lipinski definition) is 4. The second kappa shape index (κ2) is 6.90. The summed E-state index contributed by atoms with van der Waals surface area (Å²) in [4.78, 5) is 15.8. The van der Waals surface area contributed by atoms with E-state index in [1.54, 1.807) is 36.5 Å². The van der Waals surface area contributed by atoms with Gasteiger partial charge in [-0.05, 0) is 36.4 Å². The molecule has 0 aliphatic rings. The molecule has 0 aliphatic carbocycles. The van der Waals surface area contributed by atoms with Gasteiger partial charge in [-0.1, -0.05) is 6.07 Å². The van der Waals surface area contributed by atoms with Crippen LogP contribution in [0.5, 0.6) is 0 Å². The monoisotopic (exact) mass is 320 g/mol. The SMILES string of the molecule is CS(=O)(=O)Nc1ccc(NC(=O)NCc2ccccn2)cc1. The molecule has 0 fully saturated rings. The third-order valence-corrected chi connectivity index (χ3v) is 3.21. The van der Waals surface area contributed by atoms with E-state index in [4.69, 9.17) is 0 Å². The second-order valence-corrected chi connectivity index (χ2v) is 6.33. The summed E-state index contributed by atoms with van der Waals surface area (Å²) in [6, 6.07) is 11.4. The van der Waals surface area contributed by atoms with E-state index in [2.05, 4.69) is 20.3 Å². The van der Waals surface area contributed by atoms with Crippen molar-refractivity contribution in [1.82, 2.24) is 10.3 Å². The van der Waals surface area contributed by atoms with E-state index in [1.807, 2.05) is 12.1 Å². The zero-order valence-electron chi connectivity index (χ0n) is 11.9. The first kappa shape index (κ1) is 15.8. The van der Waals surface area contributed by atoms with Crippen molar-refractivity contribution in [2.24, 2.45) is 0 Å². The number of benzene rings is 1. The molecule has 0 unspecified atom stereocenters. The standard InChI is InChI=1S/C14H16N4O3S/c1-22(20,21)18-12-7-5-11(6-8-12)17-14(19)16-10-13-4-2-3-9-15-13/h2-9,18H,10H2,1H3,(H2,16,17,19). The molecular formula is C14H16N4O3S. The lowest BCUT2D eigenvalue weighted by Gasteiger charge is -2.08. The van der Waals surface area contributed by atoms with Gasteiger partial charge in [0.05, 0.1) is 18.5 Å². The molecule has 1 aromatic heterocycles. The molecule has 116 valence electrons. The van der Waals surface area contributed by atoms with E-state index in [1.165, 1.54) is 0 Å². The summed E-state index contributed by atoms with van der Waals surface area (Å²) in [5, 5.41) is 5.32. The van der Waals surface area contributed by atoms with E-state index >= 15 is 0 Å². The van der Waals surface area contributed by atoms with E-state index in [0.717, 1.165) is 11.9 Å². The molecule has 3 N–H and O–H groups in total. The van der Waals surface area contributed by atoms with Crippen LogP contribution in [0.4, 0.5) is 16.2 Å². The minimum absolute atomic E-state index is 0.320. The van der Waals surface area contributed by atoms with Crippen molar-refractivity contribution >= 4 is 27.4 Å². The minimum Gasteiger partial charge on any atom is -0.332 e. The Morgan fingerprint density at radius 3 is 2.36 bits per heavy atom. The van der Waals surface area contributed by atoms with Gasteiger partial charge >= 0.3 is 6.03 Å². The molecule has 0 bridgehead atoms. The van der Waals surface area contributed by atoms with Crippen LogP contribution in [0.1, 0.15) is 5.69 Å². The first-order valence-corrected chi connectivity index (χ1v) is 8.34. The molecule has 2 rings (SSSR count). The Balaban J connectivity index is 1.86. The second-order valence-electron chi connectivity index (χ2n) is 4.58. The number of rotatable bonds is 5.